The maximum absolute atomic E-state index is 12.7. The first-order chi connectivity index (χ1) is 10.5. The number of aromatic nitrogens is 1. The number of anilines is 1. The monoisotopic (exact) mass is 370 g/mol. The van der Waals surface area contributed by atoms with E-state index in [1.165, 1.54) is 11.3 Å². The van der Waals surface area contributed by atoms with Crippen molar-refractivity contribution >= 4 is 45.6 Å². The van der Waals surface area contributed by atoms with Gasteiger partial charge in [-0.1, -0.05) is 50.0 Å². The zero-order valence-electron chi connectivity index (χ0n) is 13.8. The van der Waals surface area contributed by atoms with Crippen molar-refractivity contribution in [1.29, 1.82) is 0 Å². The van der Waals surface area contributed by atoms with Crippen molar-refractivity contribution in [3.63, 3.8) is 0 Å². The van der Waals surface area contributed by atoms with Gasteiger partial charge in [-0.15, -0.1) is 11.3 Å². The van der Waals surface area contributed by atoms with Gasteiger partial charge in [0.25, 0.3) is 0 Å². The molecule has 2 rings (SSSR count). The molecule has 2 aromatic rings. The third kappa shape index (κ3) is 4.06. The van der Waals surface area contributed by atoms with Gasteiger partial charge in [0.1, 0.15) is 0 Å². The minimum atomic E-state index is -0.748. The predicted molar refractivity (Wildman–Crippen MR) is 98.9 cm³/mol. The number of benzene rings is 1. The number of thiazole rings is 1. The van der Waals surface area contributed by atoms with Crippen LogP contribution in [0.5, 0.6) is 0 Å². The van der Waals surface area contributed by atoms with Crippen molar-refractivity contribution in [3.05, 3.63) is 44.9 Å². The molecule has 23 heavy (non-hydrogen) atoms. The van der Waals surface area contributed by atoms with Crippen molar-refractivity contribution in [1.82, 2.24) is 4.98 Å². The van der Waals surface area contributed by atoms with E-state index in [4.69, 9.17) is 23.2 Å². The summed E-state index contributed by atoms with van der Waals surface area (Å²) >= 11 is 13.4. The molecule has 0 bridgehead atoms. The molecule has 0 saturated heterocycles. The maximum atomic E-state index is 12.7. The van der Waals surface area contributed by atoms with Gasteiger partial charge in [-0.05, 0) is 31.5 Å². The SMILES string of the molecule is CC(C)(C)c1csc(NC(=O)C(C)(C)c2ccc(Cl)c(Cl)c2)n1. The van der Waals surface area contributed by atoms with E-state index in [2.05, 4.69) is 31.1 Å². The zero-order chi connectivity index (χ0) is 17.4. The van der Waals surface area contributed by atoms with Crippen LogP contribution in [0.4, 0.5) is 5.13 Å². The summed E-state index contributed by atoms with van der Waals surface area (Å²) in [4.78, 5) is 17.2. The van der Waals surface area contributed by atoms with Crippen LogP contribution < -0.4 is 5.32 Å². The third-order valence-electron chi connectivity index (χ3n) is 3.70. The molecule has 1 aromatic carbocycles. The molecule has 0 saturated carbocycles. The predicted octanol–water partition coefficient (Wildman–Crippen LogP) is 5.66. The van der Waals surface area contributed by atoms with Gasteiger partial charge >= 0.3 is 0 Å². The van der Waals surface area contributed by atoms with E-state index in [0.29, 0.717) is 15.2 Å². The summed E-state index contributed by atoms with van der Waals surface area (Å²) in [6.07, 6.45) is 0. The van der Waals surface area contributed by atoms with Gasteiger partial charge in [0.15, 0.2) is 5.13 Å². The van der Waals surface area contributed by atoms with Gasteiger partial charge in [0.05, 0.1) is 21.2 Å². The van der Waals surface area contributed by atoms with Crippen molar-refractivity contribution < 1.29 is 4.79 Å². The average Bonchev–Trinajstić information content (AvgIpc) is 2.90. The molecule has 0 unspecified atom stereocenters. The smallest absolute Gasteiger partial charge is 0.236 e. The normalized spacial score (nSPS) is 12.3. The van der Waals surface area contributed by atoms with Gasteiger partial charge in [-0.3, -0.25) is 4.79 Å². The molecule has 0 spiro atoms. The fraction of sp³-hybridized carbons (Fsp3) is 0.412. The fourth-order valence-electron chi connectivity index (χ4n) is 1.94. The van der Waals surface area contributed by atoms with E-state index in [1.54, 1.807) is 12.1 Å². The highest BCUT2D eigenvalue weighted by Gasteiger charge is 2.31. The molecule has 0 aliphatic carbocycles. The zero-order valence-corrected chi connectivity index (χ0v) is 16.2. The van der Waals surface area contributed by atoms with E-state index < -0.39 is 5.41 Å². The van der Waals surface area contributed by atoms with Crippen LogP contribution in [0.2, 0.25) is 10.0 Å². The Hall–Kier alpha value is -1.10. The minimum absolute atomic E-state index is 0.0430. The Kier molecular flexibility index (Phi) is 5.09. The summed E-state index contributed by atoms with van der Waals surface area (Å²) in [5.41, 5.74) is 0.975. The van der Waals surface area contributed by atoms with Crippen molar-refractivity contribution in [2.24, 2.45) is 0 Å². The van der Waals surface area contributed by atoms with Gasteiger partial charge in [-0.25, -0.2) is 4.98 Å². The van der Waals surface area contributed by atoms with Crippen LogP contribution in [0.15, 0.2) is 23.6 Å². The van der Waals surface area contributed by atoms with Crippen molar-refractivity contribution in [2.75, 3.05) is 5.32 Å². The Morgan fingerprint density at radius 1 is 1.13 bits per heavy atom. The fourth-order valence-corrected chi connectivity index (χ4v) is 3.18. The highest BCUT2D eigenvalue weighted by molar-refractivity contribution is 7.14. The molecule has 0 atom stereocenters. The molecule has 0 aliphatic rings. The van der Waals surface area contributed by atoms with Crippen molar-refractivity contribution in [2.45, 2.75) is 45.4 Å². The number of nitrogens with one attached hydrogen (secondary N) is 1. The van der Waals surface area contributed by atoms with E-state index >= 15 is 0 Å². The molecule has 3 nitrogen and oxygen atoms in total. The first-order valence-corrected chi connectivity index (χ1v) is 8.88. The van der Waals surface area contributed by atoms with E-state index in [-0.39, 0.29) is 11.3 Å². The second kappa shape index (κ2) is 6.42. The van der Waals surface area contributed by atoms with Crippen LogP contribution in [0.1, 0.15) is 45.9 Å². The quantitative estimate of drug-likeness (QED) is 0.756. The molecule has 0 radical (unpaired) electrons. The highest BCUT2D eigenvalue weighted by atomic mass is 35.5. The molecule has 6 heteroatoms. The number of hydrogen-bond donors (Lipinski definition) is 1. The van der Waals surface area contributed by atoms with Crippen LogP contribution in [0.25, 0.3) is 0 Å². The third-order valence-corrected chi connectivity index (χ3v) is 5.20. The van der Waals surface area contributed by atoms with Crippen LogP contribution >= 0.6 is 34.5 Å². The van der Waals surface area contributed by atoms with Gasteiger partial charge in [0.2, 0.25) is 5.91 Å². The number of carbonyl (C=O) groups excluding carboxylic acids is 1. The van der Waals surface area contributed by atoms with Gasteiger partial charge < -0.3 is 5.32 Å². The van der Waals surface area contributed by atoms with E-state index in [9.17, 15) is 4.79 Å². The molecular weight excluding hydrogens is 351 g/mol. The lowest BCUT2D eigenvalue weighted by Crippen LogP contribution is -2.34. The van der Waals surface area contributed by atoms with Gasteiger partial charge in [0, 0.05) is 10.8 Å². The van der Waals surface area contributed by atoms with Crippen LogP contribution in [-0.2, 0) is 15.6 Å². The standard InChI is InChI=1S/C17H20Cl2N2OS/c1-16(2,3)13-9-23-15(20-13)21-14(22)17(4,5)10-6-7-11(18)12(19)8-10/h6-9H,1-5H3,(H,20,21,22). The lowest BCUT2D eigenvalue weighted by atomic mass is 9.84. The Labute approximate surface area is 151 Å². The maximum Gasteiger partial charge on any atom is 0.236 e. The Balaban J connectivity index is 2.21. The highest BCUT2D eigenvalue weighted by Crippen LogP contribution is 2.32. The lowest BCUT2D eigenvalue weighted by Gasteiger charge is -2.24. The minimum Gasteiger partial charge on any atom is -0.301 e. The van der Waals surface area contributed by atoms with Crippen molar-refractivity contribution in [3.8, 4) is 0 Å². The lowest BCUT2D eigenvalue weighted by molar-refractivity contribution is -0.120. The molecule has 1 N–H and O–H groups in total. The number of hydrogen-bond acceptors (Lipinski definition) is 3. The topological polar surface area (TPSA) is 42.0 Å². The largest absolute Gasteiger partial charge is 0.301 e. The number of nitrogens with zero attached hydrogens (tertiary/aromatic N) is 1. The second-order valence-electron chi connectivity index (χ2n) is 7.00. The summed E-state index contributed by atoms with van der Waals surface area (Å²) in [6, 6.07) is 5.25. The molecular formula is C17H20Cl2N2OS. The number of carbonyl (C=O) groups is 1. The first kappa shape index (κ1) is 18.2. The Morgan fingerprint density at radius 2 is 1.78 bits per heavy atom. The van der Waals surface area contributed by atoms with Crippen LogP contribution in [0, 0.1) is 0 Å². The van der Waals surface area contributed by atoms with E-state index in [0.717, 1.165) is 11.3 Å². The summed E-state index contributed by atoms with van der Waals surface area (Å²) in [5, 5.41) is 6.39. The summed E-state index contributed by atoms with van der Waals surface area (Å²) in [5.74, 6) is -0.134. The van der Waals surface area contributed by atoms with Crippen LogP contribution in [-0.4, -0.2) is 10.9 Å². The number of halogens is 2. The molecule has 1 aromatic heterocycles. The van der Waals surface area contributed by atoms with Gasteiger partial charge in [-0.2, -0.15) is 0 Å². The van der Waals surface area contributed by atoms with Crippen LogP contribution in [0.3, 0.4) is 0 Å². The average molecular weight is 371 g/mol. The molecule has 1 amide bonds. The first-order valence-electron chi connectivity index (χ1n) is 7.25. The molecule has 1 heterocycles. The second-order valence-corrected chi connectivity index (χ2v) is 8.67. The Bertz CT molecular complexity index is 732. The molecule has 124 valence electrons. The van der Waals surface area contributed by atoms with E-state index in [1.807, 2.05) is 25.3 Å². The molecule has 0 aliphatic heterocycles. The Morgan fingerprint density at radius 3 is 2.30 bits per heavy atom. The summed E-state index contributed by atoms with van der Waals surface area (Å²) in [6.45, 7) is 9.97. The summed E-state index contributed by atoms with van der Waals surface area (Å²) < 4.78 is 0. The molecule has 0 fully saturated rings. The number of rotatable bonds is 3. The number of amides is 1. The summed E-state index contributed by atoms with van der Waals surface area (Å²) in [7, 11) is 0.